The fourth-order valence-corrected chi connectivity index (χ4v) is 5.62. The Morgan fingerprint density at radius 1 is 1.19 bits per heavy atom. The minimum atomic E-state index is -3.56. The van der Waals surface area contributed by atoms with Crippen LogP contribution in [0.5, 0.6) is 0 Å². The van der Waals surface area contributed by atoms with Gasteiger partial charge < -0.3 is 19.9 Å². The van der Waals surface area contributed by atoms with Crippen molar-refractivity contribution in [2.45, 2.75) is 19.4 Å². The van der Waals surface area contributed by atoms with Gasteiger partial charge in [-0.25, -0.2) is 8.42 Å². The first-order valence-electron chi connectivity index (χ1n) is 10.6. The smallest absolute Gasteiger partial charge is 0.254 e. The van der Waals surface area contributed by atoms with Crippen molar-refractivity contribution in [2.24, 2.45) is 5.92 Å². The Bertz CT molecular complexity index is 989. The third-order valence-electron chi connectivity index (χ3n) is 6.77. The summed E-state index contributed by atoms with van der Waals surface area (Å²) in [5.41, 5.74) is 2.17. The molecule has 3 saturated heterocycles. The summed E-state index contributed by atoms with van der Waals surface area (Å²) < 4.78 is 31.4. The first kappa shape index (κ1) is 22.0. The number of sulfonamides is 1. The van der Waals surface area contributed by atoms with Crippen molar-refractivity contribution in [3.63, 3.8) is 0 Å². The number of nitrogens with zero attached hydrogens (tertiary/aromatic N) is 3. The van der Waals surface area contributed by atoms with E-state index in [2.05, 4.69) is 36.2 Å². The van der Waals surface area contributed by atoms with Crippen LogP contribution >= 0.6 is 0 Å². The van der Waals surface area contributed by atoms with E-state index in [0.29, 0.717) is 32.7 Å². The first-order valence-corrected chi connectivity index (χ1v) is 12.5. The zero-order valence-electron chi connectivity index (χ0n) is 18.3. The molecule has 0 aromatic heterocycles. The highest BCUT2D eigenvalue weighted by molar-refractivity contribution is 7.88. The molecule has 2 amide bonds. The third-order valence-corrected chi connectivity index (χ3v) is 7.98. The molecular weight excluding hydrogens is 420 g/mol. The van der Waals surface area contributed by atoms with Gasteiger partial charge in [0, 0.05) is 45.0 Å². The number of morpholine rings is 1. The minimum absolute atomic E-state index is 0.0394. The summed E-state index contributed by atoms with van der Waals surface area (Å²) in [5.74, 6) is -1.48. The largest absolute Gasteiger partial charge is 0.368 e. The standard InChI is InChI=1S/C21H30N4O5S/c1-15-5-4-6-18(16(15)2)23-8-10-24(11-9-23)19(26)17-13-25(31(3,28)29)14-21(17)20(27)22-7-12-30-21/h4-6,17H,7-14H2,1-3H3,(H,22,27)/t17-,21-/m1/s1. The molecule has 3 aliphatic rings. The van der Waals surface area contributed by atoms with E-state index in [1.165, 1.54) is 21.1 Å². The van der Waals surface area contributed by atoms with E-state index in [4.69, 9.17) is 4.74 Å². The Morgan fingerprint density at radius 2 is 1.90 bits per heavy atom. The van der Waals surface area contributed by atoms with Crippen molar-refractivity contribution in [3.05, 3.63) is 29.3 Å². The van der Waals surface area contributed by atoms with Crippen molar-refractivity contribution in [2.75, 3.05) is 63.6 Å². The fraction of sp³-hybridized carbons (Fsp3) is 0.619. The van der Waals surface area contributed by atoms with Crippen LogP contribution in [0.1, 0.15) is 11.1 Å². The summed E-state index contributed by atoms with van der Waals surface area (Å²) in [6.07, 6.45) is 1.09. The lowest BCUT2D eigenvalue weighted by Gasteiger charge is -2.41. The Morgan fingerprint density at radius 3 is 2.55 bits per heavy atom. The molecule has 3 aliphatic heterocycles. The zero-order chi connectivity index (χ0) is 22.4. The van der Waals surface area contributed by atoms with Gasteiger partial charge >= 0.3 is 0 Å². The maximum Gasteiger partial charge on any atom is 0.254 e. The number of carbonyl (C=O) groups is 2. The molecule has 0 aliphatic carbocycles. The molecule has 31 heavy (non-hydrogen) atoms. The lowest BCUT2D eigenvalue weighted by atomic mass is 9.87. The normalized spacial score (nSPS) is 27.6. The van der Waals surface area contributed by atoms with E-state index in [1.807, 2.05) is 6.07 Å². The van der Waals surface area contributed by atoms with Crippen LogP contribution in [0, 0.1) is 19.8 Å². The number of carbonyl (C=O) groups excluding carboxylic acids is 2. The van der Waals surface area contributed by atoms with E-state index in [0.717, 1.165) is 6.26 Å². The average molecular weight is 451 g/mol. The topological polar surface area (TPSA) is 99.3 Å². The summed E-state index contributed by atoms with van der Waals surface area (Å²) in [4.78, 5) is 30.2. The van der Waals surface area contributed by atoms with E-state index >= 15 is 0 Å². The molecule has 10 heteroatoms. The molecule has 0 saturated carbocycles. The quantitative estimate of drug-likeness (QED) is 0.681. The molecule has 4 rings (SSSR count). The second-order valence-corrected chi connectivity index (χ2v) is 10.6. The van der Waals surface area contributed by atoms with Gasteiger partial charge in [0.25, 0.3) is 5.91 Å². The molecule has 1 aromatic rings. The number of aryl methyl sites for hydroxylation is 1. The Hall–Kier alpha value is -2.17. The number of anilines is 1. The van der Waals surface area contributed by atoms with Crippen LogP contribution in [0.4, 0.5) is 5.69 Å². The number of benzene rings is 1. The number of hydrogen-bond acceptors (Lipinski definition) is 6. The minimum Gasteiger partial charge on any atom is -0.368 e. The number of amides is 2. The number of piperazine rings is 1. The summed E-state index contributed by atoms with van der Waals surface area (Å²) in [6, 6.07) is 6.22. The molecular formula is C21H30N4O5S. The number of nitrogens with one attached hydrogen (secondary N) is 1. The van der Waals surface area contributed by atoms with Crippen LogP contribution in [-0.2, 0) is 24.3 Å². The van der Waals surface area contributed by atoms with Gasteiger partial charge in [-0.15, -0.1) is 0 Å². The Balaban J connectivity index is 1.52. The summed E-state index contributed by atoms with van der Waals surface area (Å²) in [7, 11) is -3.56. The van der Waals surface area contributed by atoms with Crippen LogP contribution in [0.2, 0.25) is 0 Å². The lowest BCUT2D eigenvalue weighted by molar-refractivity contribution is -0.166. The molecule has 1 spiro atoms. The van der Waals surface area contributed by atoms with E-state index in [-0.39, 0.29) is 25.6 Å². The van der Waals surface area contributed by atoms with Crippen molar-refractivity contribution in [1.82, 2.24) is 14.5 Å². The molecule has 9 nitrogen and oxygen atoms in total. The summed E-state index contributed by atoms with van der Waals surface area (Å²) >= 11 is 0. The van der Waals surface area contributed by atoms with Crippen LogP contribution < -0.4 is 10.2 Å². The molecule has 0 unspecified atom stereocenters. The van der Waals surface area contributed by atoms with Crippen LogP contribution in [-0.4, -0.2) is 93.7 Å². The molecule has 1 N–H and O–H groups in total. The van der Waals surface area contributed by atoms with E-state index in [1.54, 1.807) is 4.90 Å². The number of hydrogen-bond donors (Lipinski definition) is 1. The molecule has 1 aromatic carbocycles. The fourth-order valence-electron chi connectivity index (χ4n) is 4.77. The summed E-state index contributed by atoms with van der Waals surface area (Å²) in [5, 5.41) is 2.75. The Labute approximate surface area is 183 Å². The van der Waals surface area contributed by atoms with Crippen LogP contribution in [0.3, 0.4) is 0 Å². The van der Waals surface area contributed by atoms with Crippen molar-refractivity contribution in [3.8, 4) is 0 Å². The highest BCUT2D eigenvalue weighted by Crippen LogP contribution is 2.36. The number of rotatable bonds is 3. The van der Waals surface area contributed by atoms with Gasteiger partial charge in [-0.05, 0) is 31.0 Å². The maximum atomic E-state index is 13.5. The molecule has 170 valence electrons. The molecule has 2 atom stereocenters. The molecule has 0 radical (unpaired) electrons. The van der Waals surface area contributed by atoms with Gasteiger partial charge in [-0.1, -0.05) is 12.1 Å². The molecule has 3 fully saturated rings. The zero-order valence-corrected chi connectivity index (χ0v) is 19.1. The van der Waals surface area contributed by atoms with Gasteiger partial charge in [-0.2, -0.15) is 4.31 Å². The van der Waals surface area contributed by atoms with Gasteiger partial charge in [0.2, 0.25) is 15.9 Å². The van der Waals surface area contributed by atoms with Crippen molar-refractivity contribution < 1.29 is 22.7 Å². The van der Waals surface area contributed by atoms with Gasteiger partial charge in [0.1, 0.15) is 0 Å². The van der Waals surface area contributed by atoms with E-state index in [9.17, 15) is 18.0 Å². The summed E-state index contributed by atoms with van der Waals surface area (Å²) in [6.45, 7) is 7.02. The predicted octanol–water partition coefficient (Wildman–Crippen LogP) is -0.271. The second kappa shape index (κ2) is 8.07. The average Bonchev–Trinajstić information content (AvgIpc) is 3.13. The SMILES string of the molecule is Cc1cccc(N2CCN(C(=O)[C@H]3CN(S(C)(=O)=O)C[C@@]34OCCNC4=O)CC2)c1C. The molecule has 3 heterocycles. The van der Waals surface area contributed by atoms with Crippen LogP contribution in [0.15, 0.2) is 18.2 Å². The highest BCUT2D eigenvalue weighted by atomic mass is 32.2. The third kappa shape index (κ3) is 3.92. The predicted molar refractivity (Wildman–Crippen MR) is 116 cm³/mol. The van der Waals surface area contributed by atoms with Crippen molar-refractivity contribution >= 4 is 27.5 Å². The first-order chi connectivity index (χ1) is 14.6. The lowest BCUT2D eigenvalue weighted by Crippen LogP contribution is -2.63. The van der Waals surface area contributed by atoms with E-state index < -0.39 is 27.4 Å². The second-order valence-electron chi connectivity index (χ2n) is 8.63. The van der Waals surface area contributed by atoms with Crippen molar-refractivity contribution in [1.29, 1.82) is 0 Å². The Kier molecular flexibility index (Phi) is 5.74. The van der Waals surface area contributed by atoms with Gasteiger partial charge in [-0.3, -0.25) is 9.59 Å². The maximum absolute atomic E-state index is 13.5. The van der Waals surface area contributed by atoms with Crippen LogP contribution in [0.25, 0.3) is 0 Å². The van der Waals surface area contributed by atoms with Gasteiger partial charge in [0.05, 0.1) is 25.3 Å². The monoisotopic (exact) mass is 450 g/mol. The van der Waals surface area contributed by atoms with Gasteiger partial charge in [0.15, 0.2) is 5.60 Å². The molecule has 0 bridgehead atoms. The number of ether oxygens (including phenoxy) is 1. The highest BCUT2D eigenvalue weighted by Gasteiger charge is 2.60.